The maximum atomic E-state index is 11.3. The Bertz CT molecular complexity index is 625. The summed E-state index contributed by atoms with van der Waals surface area (Å²) in [7, 11) is -3.20. The molecule has 2 aromatic rings. The Morgan fingerprint density at radius 3 is 2.67 bits per heavy atom. The van der Waals surface area contributed by atoms with Gasteiger partial charge in [-0.3, -0.25) is 4.79 Å². The monoisotopic (exact) mass is 223 g/mol. The van der Waals surface area contributed by atoms with E-state index in [1.807, 2.05) is 0 Å². The average molecular weight is 223 g/mol. The quantitative estimate of drug-likeness (QED) is 0.782. The molecule has 0 amide bonds. The fourth-order valence-electron chi connectivity index (χ4n) is 1.46. The maximum Gasteiger partial charge on any atom is 0.175 e. The molecule has 5 heteroatoms. The zero-order chi connectivity index (χ0) is 11.1. The number of aromatic amines is 1. The van der Waals surface area contributed by atoms with E-state index in [0.717, 1.165) is 17.9 Å². The van der Waals surface area contributed by atoms with Gasteiger partial charge in [0.2, 0.25) is 0 Å². The standard InChI is InChI=1S/C10H9NO3S/c1-15(13,14)8-2-3-9-7(6-12)5-11-10(9)4-8/h2-6,11H,1H3. The van der Waals surface area contributed by atoms with E-state index < -0.39 is 9.84 Å². The van der Waals surface area contributed by atoms with Crippen molar-refractivity contribution < 1.29 is 13.2 Å². The molecule has 78 valence electrons. The number of fused-ring (bicyclic) bond motifs is 1. The number of benzene rings is 1. The molecule has 0 unspecified atom stereocenters. The predicted octanol–water partition coefficient (Wildman–Crippen LogP) is 1.38. The first kappa shape index (κ1) is 9.92. The molecule has 2 rings (SSSR count). The largest absolute Gasteiger partial charge is 0.360 e. The van der Waals surface area contributed by atoms with Gasteiger partial charge < -0.3 is 4.98 Å². The topological polar surface area (TPSA) is 67.0 Å². The third kappa shape index (κ3) is 1.66. The minimum Gasteiger partial charge on any atom is -0.360 e. The summed E-state index contributed by atoms with van der Waals surface area (Å²) in [6.45, 7) is 0. The minimum atomic E-state index is -3.20. The first-order chi connectivity index (χ1) is 7.02. The van der Waals surface area contributed by atoms with E-state index >= 15 is 0 Å². The van der Waals surface area contributed by atoms with Crippen molar-refractivity contribution in [1.82, 2.24) is 4.98 Å². The molecule has 1 aromatic heterocycles. The van der Waals surface area contributed by atoms with E-state index in [1.165, 1.54) is 12.1 Å². The zero-order valence-corrected chi connectivity index (χ0v) is 8.84. The lowest BCUT2D eigenvalue weighted by molar-refractivity contribution is 0.112. The second kappa shape index (κ2) is 3.20. The third-order valence-electron chi connectivity index (χ3n) is 2.24. The molecule has 0 saturated heterocycles. The van der Waals surface area contributed by atoms with Crippen molar-refractivity contribution in [2.75, 3.05) is 6.26 Å². The van der Waals surface area contributed by atoms with Crippen molar-refractivity contribution >= 4 is 27.0 Å². The highest BCUT2D eigenvalue weighted by molar-refractivity contribution is 7.90. The van der Waals surface area contributed by atoms with Gasteiger partial charge in [-0.2, -0.15) is 0 Å². The molecule has 0 radical (unpaired) electrons. The summed E-state index contributed by atoms with van der Waals surface area (Å²) < 4.78 is 22.5. The summed E-state index contributed by atoms with van der Waals surface area (Å²) in [4.78, 5) is 13.7. The number of rotatable bonds is 2. The van der Waals surface area contributed by atoms with Crippen LogP contribution in [-0.2, 0) is 9.84 Å². The van der Waals surface area contributed by atoms with Gasteiger partial charge in [-0.25, -0.2) is 8.42 Å². The van der Waals surface area contributed by atoms with Crippen LogP contribution in [0.25, 0.3) is 10.9 Å². The number of hydrogen-bond donors (Lipinski definition) is 1. The number of nitrogens with one attached hydrogen (secondary N) is 1. The van der Waals surface area contributed by atoms with Gasteiger partial charge >= 0.3 is 0 Å². The van der Waals surface area contributed by atoms with Crippen LogP contribution in [0.3, 0.4) is 0 Å². The van der Waals surface area contributed by atoms with Crippen LogP contribution in [0.15, 0.2) is 29.3 Å². The first-order valence-electron chi connectivity index (χ1n) is 4.29. The highest BCUT2D eigenvalue weighted by Crippen LogP contribution is 2.20. The van der Waals surface area contributed by atoms with E-state index in [0.29, 0.717) is 11.1 Å². The van der Waals surface area contributed by atoms with Crippen molar-refractivity contribution in [3.63, 3.8) is 0 Å². The molecule has 0 aliphatic heterocycles. The lowest BCUT2D eigenvalue weighted by Gasteiger charge is -1.97. The van der Waals surface area contributed by atoms with Crippen molar-refractivity contribution in [1.29, 1.82) is 0 Å². The van der Waals surface area contributed by atoms with E-state index in [-0.39, 0.29) is 4.90 Å². The van der Waals surface area contributed by atoms with Crippen molar-refractivity contribution in [2.45, 2.75) is 4.90 Å². The molecule has 0 aliphatic carbocycles. The Kier molecular flexibility index (Phi) is 2.12. The summed E-state index contributed by atoms with van der Waals surface area (Å²) in [6.07, 6.45) is 3.44. The van der Waals surface area contributed by atoms with E-state index in [1.54, 1.807) is 12.3 Å². The first-order valence-corrected chi connectivity index (χ1v) is 6.18. The molecule has 0 bridgehead atoms. The summed E-state index contributed by atoms with van der Waals surface area (Å²) in [5.74, 6) is 0. The smallest absolute Gasteiger partial charge is 0.175 e. The van der Waals surface area contributed by atoms with Crippen LogP contribution in [0.1, 0.15) is 10.4 Å². The average Bonchev–Trinajstić information content (AvgIpc) is 2.58. The Morgan fingerprint density at radius 1 is 1.33 bits per heavy atom. The van der Waals surface area contributed by atoms with Gasteiger partial charge in [0.1, 0.15) is 0 Å². The molecular weight excluding hydrogens is 214 g/mol. The Morgan fingerprint density at radius 2 is 2.07 bits per heavy atom. The van der Waals surface area contributed by atoms with Crippen LogP contribution >= 0.6 is 0 Å². The molecule has 0 saturated carbocycles. The van der Waals surface area contributed by atoms with Gasteiger partial charge in [0.25, 0.3) is 0 Å². The molecule has 0 aliphatic rings. The fourth-order valence-corrected chi connectivity index (χ4v) is 2.10. The van der Waals surface area contributed by atoms with E-state index in [4.69, 9.17) is 0 Å². The Labute approximate surface area is 86.8 Å². The van der Waals surface area contributed by atoms with Crippen molar-refractivity contribution in [3.8, 4) is 0 Å². The number of aldehydes is 1. The molecule has 1 N–H and O–H groups in total. The number of carbonyl (C=O) groups is 1. The third-order valence-corrected chi connectivity index (χ3v) is 3.35. The molecule has 0 spiro atoms. The zero-order valence-electron chi connectivity index (χ0n) is 8.02. The van der Waals surface area contributed by atoms with Gasteiger partial charge in [0.05, 0.1) is 4.90 Å². The number of aromatic nitrogens is 1. The SMILES string of the molecule is CS(=O)(=O)c1ccc2c(C=O)c[nH]c2c1. The molecule has 0 fully saturated rings. The van der Waals surface area contributed by atoms with Gasteiger partial charge in [-0.15, -0.1) is 0 Å². The van der Waals surface area contributed by atoms with Crippen molar-refractivity contribution in [3.05, 3.63) is 30.0 Å². The van der Waals surface area contributed by atoms with Gasteiger partial charge in [0.15, 0.2) is 16.1 Å². The lowest BCUT2D eigenvalue weighted by atomic mass is 10.2. The van der Waals surface area contributed by atoms with Crippen LogP contribution in [0.2, 0.25) is 0 Å². The predicted molar refractivity (Wildman–Crippen MR) is 56.8 cm³/mol. The normalized spacial score (nSPS) is 11.8. The molecule has 0 atom stereocenters. The highest BCUT2D eigenvalue weighted by Gasteiger charge is 2.09. The fraction of sp³-hybridized carbons (Fsp3) is 0.100. The summed E-state index contributed by atoms with van der Waals surface area (Å²) in [6, 6.07) is 4.65. The Hall–Kier alpha value is -1.62. The Balaban J connectivity index is 2.74. The van der Waals surface area contributed by atoms with E-state index in [9.17, 15) is 13.2 Å². The highest BCUT2D eigenvalue weighted by atomic mass is 32.2. The van der Waals surface area contributed by atoms with Crippen molar-refractivity contribution in [2.24, 2.45) is 0 Å². The van der Waals surface area contributed by atoms with E-state index in [2.05, 4.69) is 4.98 Å². The molecule has 4 nitrogen and oxygen atoms in total. The number of hydrogen-bond acceptors (Lipinski definition) is 3. The number of sulfone groups is 1. The number of H-pyrrole nitrogens is 1. The minimum absolute atomic E-state index is 0.245. The van der Waals surface area contributed by atoms with Crippen LogP contribution < -0.4 is 0 Å². The van der Waals surface area contributed by atoms with Gasteiger partial charge in [-0.1, -0.05) is 6.07 Å². The molecule has 1 aromatic carbocycles. The van der Waals surface area contributed by atoms with Crippen LogP contribution in [0, 0.1) is 0 Å². The summed E-state index contributed by atoms with van der Waals surface area (Å²) in [5, 5.41) is 0.734. The van der Waals surface area contributed by atoms with Gasteiger partial charge in [-0.05, 0) is 12.1 Å². The second-order valence-corrected chi connectivity index (χ2v) is 5.36. The lowest BCUT2D eigenvalue weighted by Crippen LogP contribution is -1.96. The molecule has 1 heterocycles. The summed E-state index contributed by atoms with van der Waals surface area (Å²) >= 11 is 0. The van der Waals surface area contributed by atoms with Crippen LogP contribution in [0.4, 0.5) is 0 Å². The molecule has 15 heavy (non-hydrogen) atoms. The summed E-state index contributed by atoms with van der Waals surface area (Å²) in [5.41, 5.74) is 1.19. The number of carbonyl (C=O) groups excluding carboxylic acids is 1. The van der Waals surface area contributed by atoms with Gasteiger partial charge in [0, 0.05) is 28.9 Å². The van der Waals surface area contributed by atoms with Crippen LogP contribution in [-0.4, -0.2) is 25.9 Å². The molecular formula is C10H9NO3S. The maximum absolute atomic E-state index is 11.3. The second-order valence-electron chi connectivity index (χ2n) is 3.34. The van der Waals surface area contributed by atoms with Crippen LogP contribution in [0.5, 0.6) is 0 Å².